The molecule has 3 rings (SSSR count). The summed E-state index contributed by atoms with van der Waals surface area (Å²) in [5.74, 6) is -0.520. The highest BCUT2D eigenvalue weighted by atomic mass is 19.1. The lowest BCUT2D eigenvalue weighted by atomic mass is 10.1. The molecule has 1 aromatic heterocycles. The zero-order chi connectivity index (χ0) is 13.9. The first kappa shape index (κ1) is 12.4. The highest BCUT2D eigenvalue weighted by molar-refractivity contribution is 5.90. The Kier molecular flexibility index (Phi) is 3.17. The number of hydrogen-bond acceptors (Lipinski definition) is 2. The van der Waals surface area contributed by atoms with Crippen molar-refractivity contribution in [2.24, 2.45) is 0 Å². The van der Waals surface area contributed by atoms with Crippen molar-refractivity contribution < 1.29 is 9.50 Å². The zero-order valence-corrected chi connectivity index (χ0v) is 10.6. The van der Waals surface area contributed by atoms with Gasteiger partial charge in [-0.1, -0.05) is 30.4 Å². The number of hydrogen-bond donors (Lipinski definition) is 1. The summed E-state index contributed by atoms with van der Waals surface area (Å²) in [4.78, 5) is 4.29. The molecule has 0 unspecified atom stereocenters. The number of benzene rings is 2. The molecule has 1 heterocycles. The number of halogens is 1. The van der Waals surface area contributed by atoms with Gasteiger partial charge < -0.3 is 5.11 Å². The smallest absolute Gasteiger partial charge is 0.126 e. The molecule has 20 heavy (non-hydrogen) atoms. The van der Waals surface area contributed by atoms with E-state index in [4.69, 9.17) is 0 Å². The summed E-state index contributed by atoms with van der Waals surface area (Å²) in [5, 5.41) is 10.7. The molecule has 2 nitrogen and oxygen atoms in total. The summed E-state index contributed by atoms with van der Waals surface area (Å²) in [6.45, 7) is 0. The van der Waals surface area contributed by atoms with Gasteiger partial charge >= 0.3 is 0 Å². The molecule has 3 heteroatoms. The maximum atomic E-state index is 12.9. The van der Waals surface area contributed by atoms with Gasteiger partial charge in [-0.15, -0.1) is 0 Å². The number of aromatic nitrogens is 1. The van der Waals surface area contributed by atoms with Crippen molar-refractivity contribution in [3.63, 3.8) is 0 Å². The van der Waals surface area contributed by atoms with E-state index in [2.05, 4.69) is 4.98 Å². The number of phenolic OH excluding ortho intramolecular Hbond substituents is 1. The Labute approximate surface area is 115 Å². The van der Waals surface area contributed by atoms with E-state index >= 15 is 0 Å². The van der Waals surface area contributed by atoms with E-state index in [1.165, 1.54) is 6.07 Å². The molecular weight excluding hydrogens is 253 g/mol. The lowest BCUT2D eigenvalue weighted by molar-refractivity contribution is 0.468. The van der Waals surface area contributed by atoms with Gasteiger partial charge in [-0.25, -0.2) is 4.39 Å². The van der Waals surface area contributed by atoms with Crippen molar-refractivity contribution >= 4 is 23.1 Å². The first-order chi connectivity index (χ1) is 9.74. The fourth-order valence-corrected chi connectivity index (χ4v) is 2.10. The van der Waals surface area contributed by atoms with Crippen LogP contribution in [-0.4, -0.2) is 10.1 Å². The third kappa shape index (κ3) is 2.38. The van der Waals surface area contributed by atoms with Gasteiger partial charge in [-0.05, 0) is 29.8 Å². The van der Waals surface area contributed by atoms with E-state index in [1.54, 1.807) is 18.3 Å². The fraction of sp³-hybridized carbons (Fsp3) is 0. The van der Waals surface area contributed by atoms with Gasteiger partial charge in [0, 0.05) is 23.2 Å². The predicted molar refractivity (Wildman–Crippen MR) is 78.7 cm³/mol. The third-order valence-electron chi connectivity index (χ3n) is 3.12. The topological polar surface area (TPSA) is 33.1 Å². The quantitative estimate of drug-likeness (QED) is 0.751. The van der Waals surface area contributed by atoms with E-state index in [-0.39, 0.29) is 5.75 Å². The summed E-state index contributed by atoms with van der Waals surface area (Å²) < 4.78 is 12.9. The molecule has 1 N–H and O–H groups in total. The van der Waals surface area contributed by atoms with Crippen molar-refractivity contribution in [2.45, 2.75) is 0 Å². The normalized spacial score (nSPS) is 11.2. The molecule has 2 aromatic carbocycles. The van der Waals surface area contributed by atoms with Gasteiger partial charge in [0.2, 0.25) is 0 Å². The molecule has 0 bridgehead atoms. The van der Waals surface area contributed by atoms with Crippen LogP contribution in [0.4, 0.5) is 4.39 Å². The Morgan fingerprint density at radius 1 is 0.950 bits per heavy atom. The summed E-state index contributed by atoms with van der Waals surface area (Å²) >= 11 is 0. The van der Waals surface area contributed by atoms with Crippen LogP contribution in [0.1, 0.15) is 11.1 Å². The molecule has 0 saturated heterocycles. The maximum Gasteiger partial charge on any atom is 0.126 e. The molecule has 0 aliphatic rings. The van der Waals surface area contributed by atoms with Crippen LogP contribution in [0.2, 0.25) is 0 Å². The number of phenols is 1. The number of para-hydroxylation sites is 1. The van der Waals surface area contributed by atoms with E-state index in [9.17, 15) is 9.50 Å². The van der Waals surface area contributed by atoms with E-state index in [0.29, 0.717) is 5.56 Å². The first-order valence-electron chi connectivity index (χ1n) is 6.24. The second-order valence-corrected chi connectivity index (χ2v) is 4.45. The van der Waals surface area contributed by atoms with Gasteiger partial charge in [0.05, 0.1) is 5.52 Å². The molecule has 0 fully saturated rings. The predicted octanol–water partition coefficient (Wildman–Crippen LogP) is 4.25. The number of nitrogens with zero attached hydrogens (tertiary/aromatic N) is 1. The molecule has 0 saturated carbocycles. The molecule has 98 valence electrons. The average molecular weight is 265 g/mol. The molecule has 0 atom stereocenters. The Bertz CT molecular complexity index is 791. The average Bonchev–Trinajstić information content (AvgIpc) is 2.46. The van der Waals surface area contributed by atoms with Gasteiger partial charge in [0.1, 0.15) is 11.6 Å². The van der Waals surface area contributed by atoms with Crippen LogP contribution in [0, 0.1) is 5.82 Å². The monoisotopic (exact) mass is 265 g/mol. The van der Waals surface area contributed by atoms with Crippen LogP contribution in [0.15, 0.2) is 54.7 Å². The van der Waals surface area contributed by atoms with Crippen LogP contribution < -0.4 is 0 Å². The van der Waals surface area contributed by atoms with Crippen LogP contribution >= 0.6 is 0 Å². The van der Waals surface area contributed by atoms with Crippen molar-refractivity contribution in [1.82, 2.24) is 4.98 Å². The second kappa shape index (κ2) is 5.13. The number of rotatable bonds is 2. The molecule has 0 aliphatic heterocycles. The zero-order valence-electron chi connectivity index (χ0n) is 10.6. The third-order valence-corrected chi connectivity index (χ3v) is 3.12. The van der Waals surface area contributed by atoms with Crippen LogP contribution in [0.25, 0.3) is 23.1 Å². The van der Waals surface area contributed by atoms with E-state index in [0.717, 1.165) is 22.5 Å². The molecule has 0 aliphatic carbocycles. The lowest BCUT2D eigenvalue weighted by Crippen LogP contribution is -1.82. The molecule has 0 radical (unpaired) electrons. The fourth-order valence-electron chi connectivity index (χ4n) is 2.10. The minimum atomic E-state index is -0.450. The molecule has 0 spiro atoms. The SMILES string of the molecule is Oc1cc(F)ccc1/C=C/c1ccnc2ccccc12. The van der Waals surface area contributed by atoms with E-state index in [1.807, 2.05) is 36.4 Å². The van der Waals surface area contributed by atoms with Gasteiger partial charge in [0.25, 0.3) is 0 Å². The van der Waals surface area contributed by atoms with Crippen LogP contribution in [-0.2, 0) is 0 Å². The van der Waals surface area contributed by atoms with Crippen molar-refractivity contribution in [1.29, 1.82) is 0 Å². The van der Waals surface area contributed by atoms with Gasteiger partial charge in [-0.3, -0.25) is 4.98 Å². The van der Waals surface area contributed by atoms with Crippen LogP contribution in [0.3, 0.4) is 0 Å². The van der Waals surface area contributed by atoms with Gasteiger partial charge in [0.15, 0.2) is 0 Å². The summed E-state index contributed by atoms with van der Waals surface area (Å²) in [6.07, 6.45) is 5.39. The minimum Gasteiger partial charge on any atom is -0.507 e. The minimum absolute atomic E-state index is 0.0698. The summed E-state index contributed by atoms with van der Waals surface area (Å²) in [5.41, 5.74) is 2.49. The van der Waals surface area contributed by atoms with Crippen molar-refractivity contribution in [2.75, 3.05) is 0 Å². The van der Waals surface area contributed by atoms with Crippen molar-refractivity contribution in [3.05, 3.63) is 71.7 Å². The molecule has 3 aromatic rings. The highest BCUT2D eigenvalue weighted by Gasteiger charge is 2.01. The Morgan fingerprint density at radius 2 is 1.75 bits per heavy atom. The lowest BCUT2D eigenvalue weighted by Gasteiger charge is -2.02. The second-order valence-electron chi connectivity index (χ2n) is 4.45. The summed E-state index contributed by atoms with van der Waals surface area (Å²) in [7, 11) is 0. The first-order valence-corrected chi connectivity index (χ1v) is 6.24. The van der Waals surface area contributed by atoms with Crippen molar-refractivity contribution in [3.8, 4) is 5.75 Å². The largest absolute Gasteiger partial charge is 0.507 e. The Morgan fingerprint density at radius 3 is 2.60 bits per heavy atom. The number of pyridine rings is 1. The summed E-state index contributed by atoms with van der Waals surface area (Å²) in [6, 6.07) is 13.7. The maximum absolute atomic E-state index is 12.9. The molecule has 0 amide bonds. The van der Waals surface area contributed by atoms with E-state index < -0.39 is 5.82 Å². The number of aromatic hydroxyl groups is 1. The van der Waals surface area contributed by atoms with Gasteiger partial charge in [-0.2, -0.15) is 0 Å². The standard InChI is InChI=1S/C17H12FNO/c18-14-8-7-13(17(20)11-14)6-5-12-9-10-19-16-4-2-1-3-15(12)16/h1-11,20H/b6-5+. The molecular formula is C17H12FNO. The number of fused-ring (bicyclic) bond motifs is 1. The van der Waals surface area contributed by atoms with Crippen LogP contribution in [0.5, 0.6) is 5.75 Å². The highest BCUT2D eigenvalue weighted by Crippen LogP contribution is 2.23. The Hall–Kier alpha value is -2.68. The Balaban J connectivity index is 2.02.